The molecule has 0 spiro atoms. The first-order valence-corrected chi connectivity index (χ1v) is 6.10. The van der Waals surface area contributed by atoms with Gasteiger partial charge in [-0.25, -0.2) is 9.97 Å². The van der Waals surface area contributed by atoms with Crippen LogP contribution >= 0.6 is 0 Å². The highest BCUT2D eigenvalue weighted by Crippen LogP contribution is 2.33. The molecule has 1 unspecified atom stereocenters. The van der Waals surface area contributed by atoms with Gasteiger partial charge in [-0.3, -0.25) is 4.79 Å². The first kappa shape index (κ1) is 13.8. The molecule has 0 aliphatic heterocycles. The maximum atomic E-state index is 12.2. The monoisotopic (exact) mass is 273 g/mol. The fourth-order valence-electron chi connectivity index (χ4n) is 2.24. The summed E-state index contributed by atoms with van der Waals surface area (Å²) in [4.78, 5) is 19.5. The molecule has 104 valence electrons. The topological polar surface area (TPSA) is 54.9 Å². The Morgan fingerprint density at radius 2 is 2.16 bits per heavy atom. The van der Waals surface area contributed by atoms with Crippen LogP contribution in [-0.2, 0) is 4.79 Å². The summed E-state index contributed by atoms with van der Waals surface area (Å²) in [6, 6.07) is 0. The van der Waals surface area contributed by atoms with Crippen LogP contribution < -0.4 is 5.32 Å². The van der Waals surface area contributed by atoms with Crippen molar-refractivity contribution in [3.05, 3.63) is 18.1 Å². The van der Waals surface area contributed by atoms with Crippen LogP contribution in [0.15, 0.2) is 12.5 Å². The largest absolute Gasteiger partial charge is 0.405 e. The number of carbonyl (C=O) groups excluding carboxylic acids is 1. The van der Waals surface area contributed by atoms with Gasteiger partial charge in [0.05, 0.1) is 0 Å². The average Bonchev–Trinajstić information content (AvgIpc) is 2.37. The molecule has 0 aromatic carbocycles. The molecular formula is C12H14F3N3O. The molecule has 1 N–H and O–H groups in total. The molecule has 1 atom stereocenters. The second-order valence-electron chi connectivity index (χ2n) is 4.56. The van der Waals surface area contributed by atoms with Crippen LogP contribution in [0.25, 0.3) is 0 Å². The number of nitrogens with one attached hydrogen (secondary N) is 1. The molecule has 19 heavy (non-hydrogen) atoms. The minimum absolute atomic E-state index is 0.0520. The third-order valence-electron chi connectivity index (χ3n) is 3.13. The molecule has 7 heteroatoms. The summed E-state index contributed by atoms with van der Waals surface area (Å²) in [6.45, 7) is -1.17. The zero-order chi connectivity index (χ0) is 13.9. The number of hydrogen-bond acceptors (Lipinski definition) is 4. The number of Topliss-reactive ketones (excluding diaryl/α,β-unsaturated/α-hetero) is 1. The lowest BCUT2D eigenvalue weighted by Gasteiger charge is -2.22. The molecule has 0 radical (unpaired) electrons. The molecule has 1 aromatic rings. The number of anilines is 1. The van der Waals surface area contributed by atoms with Crippen molar-refractivity contribution < 1.29 is 18.0 Å². The number of alkyl halides is 3. The van der Waals surface area contributed by atoms with Gasteiger partial charge in [-0.1, -0.05) is 6.42 Å². The summed E-state index contributed by atoms with van der Waals surface area (Å²) >= 11 is 0. The Bertz CT molecular complexity index is 462. The van der Waals surface area contributed by atoms with Crippen molar-refractivity contribution in [3.8, 4) is 0 Å². The third-order valence-corrected chi connectivity index (χ3v) is 3.13. The average molecular weight is 273 g/mol. The molecule has 0 saturated heterocycles. The van der Waals surface area contributed by atoms with Crippen molar-refractivity contribution >= 4 is 11.6 Å². The summed E-state index contributed by atoms with van der Waals surface area (Å²) in [5.74, 6) is -0.227. The molecule has 2 rings (SSSR count). The molecular weight excluding hydrogens is 259 g/mol. The van der Waals surface area contributed by atoms with Crippen LogP contribution in [0.4, 0.5) is 19.0 Å². The summed E-state index contributed by atoms with van der Waals surface area (Å²) < 4.78 is 36.7. The van der Waals surface area contributed by atoms with Gasteiger partial charge >= 0.3 is 6.18 Å². The molecule has 1 fully saturated rings. The van der Waals surface area contributed by atoms with E-state index < -0.39 is 12.7 Å². The number of aromatic nitrogens is 2. The summed E-state index contributed by atoms with van der Waals surface area (Å²) in [6.07, 6.45) is 1.14. The predicted molar refractivity (Wildman–Crippen MR) is 62.8 cm³/mol. The zero-order valence-electron chi connectivity index (χ0n) is 10.2. The van der Waals surface area contributed by atoms with Crippen molar-refractivity contribution in [2.75, 3.05) is 11.9 Å². The molecule has 0 bridgehead atoms. The Morgan fingerprint density at radius 3 is 2.84 bits per heavy atom. The van der Waals surface area contributed by atoms with Crippen molar-refractivity contribution in [1.82, 2.24) is 9.97 Å². The van der Waals surface area contributed by atoms with Gasteiger partial charge in [-0.15, -0.1) is 0 Å². The van der Waals surface area contributed by atoms with E-state index in [0.717, 1.165) is 12.8 Å². The predicted octanol–water partition coefficient (Wildman–Crippen LogP) is 2.68. The molecule has 1 saturated carbocycles. The van der Waals surface area contributed by atoms with Gasteiger partial charge < -0.3 is 5.32 Å². The van der Waals surface area contributed by atoms with Crippen LogP contribution in [0.3, 0.4) is 0 Å². The van der Waals surface area contributed by atoms with E-state index in [9.17, 15) is 18.0 Å². The number of carbonyl (C=O) groups is 1. The van der Waals surface area contributed by atoms with Crippen molar-refractivity contribution in [3.63, 3.8) is 0 Å². The Morgan fingerprint density at radius 1 is 1.37 bits per heavy atom. The van der Waals surface area contributed by atoms with Crippen LogP contribution in [-0.4, -0.2) is 28.5 Å². The van der Waals surface area contributed by atoms with Gasteiger partial charge in [0.1, 0.15) is 24.5 Å². The van der Waals surface area contributed by atoms with E-state index in [1.165, 1.54) is 12.5 Å². The number of nitrogens with zero attached hydrogens (tertiary/aromatic N) is 2. The van der Waals surface area contributed by atoms with Crippen molar-refractivity contribution in [1.29, 1.82) is 0 Å². The highest BCUT2D eigenvalue weighted by atomic mass is 19.4. The normalized spacial score (nSPS) is 20.4. The van der Waals surface area contributed by atoms with Gasteiger partial charge in [0, 0.05) is 24.1 Å². The van der Waals surface area contributed by atoms with Crippen molar-refractivity contribution in [2.24, 2.45) is 0 Å². The Labute approximate surface area is 108 Å². The van der Waals surface area contributed by atoms with Crippen LogP contribution in [0.1, 0.15) is 37.2 Å². The standard InChI is InChI=1S/C12H14F3N3O/c13-12(14,15)6-17-11-9(5-16-7-18-11)8-3-1-2-4-10(8)19/h5,7-8H,1-4,6H2,(H,16,17,18). The van der Waals surface area contributed by atoms with Crippen molar-refractivity contribution in [2.45, 2.75) is 37.8 Å². The second kappa shape index (κ2) is 5.54. The first-order valence-electron chi connectivity index (χ1n) is 6.10. The number of halogens is 3. The zero-order valence-corrected chi connectivity index (χ0v) is 10.2. The van der Waals surface area contributed by atoms with Crippen LogP contribution in [0.2, 0.25) is 0 Å². The smallest absolute Gasteiger partial charge is 0.361 e. The second-order valence-corrected chi connectivity index (χ2v) is 4.56. The Balaban J connectivity index is 2.18. The number of ketones is 1. The maximum Gasteiger partial charge on any atom is 0.405 e. The van der Waals surface area contributed by atoms with E-state index in [-0.39, 0.29) is 17.5 Å². The summed E-state index contributed by atoms with van der Waals surface area (Å²) in [5, 5.41) is 2.24. The van der Waals surface area contributed by atoms with Gasteiger partial charge in [0.2, 0.25) is 0 Å². The molecule has 0 amide bonds. The summed E-state index contributed by atoms with van der Waals surface area (Å²) in [5.41, 5.74) is 0.469. The highest BCUT2D eigenvalue weighted by Gasteiger charge is 2.30. The molecule has 1 aromatic heterocycles. The fourth-order valence-corrected chi connectivity index (χ4v) is 2.24. The van der Waals surface area contributed by atoms with E-state index in [1.807, 2.05) is 0 Å². The van der Waals surface area contributed by atoms with Crippen LogP contribution in [0.5, 0.6) is 0 Å². The lowest BCUT2D eigenvalue weighted by Crippen LogP contribution is -2.24. The minimum atomic E-state index is -4.32. The lowest BCUT2D eigenvalue weighted by molar-refractivity contribution is -0.121. The first-order chi connectivity index (χ1) is 8.97. The minimum Gasteiger partial charge on any atom is -0.361 e. The molecule has 1 heterocycles. The van der Waals surface area contributed by atoms with Gasteiger partial charge in [0.25, 0.3) is 0 Å². The molecule has 1 aliphatic rings. The third kappa shape index (κ3) is 3.65. The number of hydrogen-bond donors (Lipinski definition) is 1. The number of rotatable bonds is 3. The van der Waals surface area contributed by atoms with Gasteiger partial charge in [0.15, 0.2) is 0 Å². The van der Waals surface area contributed by atoms with E-state index in [1.54, 1.807) is 0 Å². The Kier molecular flexibility index (Phi) is 4.01. The SMILES string of the molecule is O=C1CCCCC1c1cncnc1NCC(F)(F)F. The van der Waals surface area contributed by atoms with E-state index in [4.69, 9.17) is 0 Å². The van der Waals surface area contributed by atoms with E-state index >= 15 is 0 Å². The Hall–Kier alpha value is -1.66. The van der Waals surface area contributed by atoms with E-state index in [0.29, 0.717) is 18.4 Å². The van der Waals surface area contributed by atoms with Gasteiger partial charge in [-0.2, -0.15) is 13.2 Å². The van der Waals surface area contributed by atoms with E-state index in [2.05, 4.69) is 15.3 Å². The van der Waals surface area contributed by atoms with Gasteiger partial charge in [-0.05, 0) is 12.8 Å². The maximum absolute atomic E-state index is 12.2. The molecule has 4 nitrogen and oxygen atoms in total. The van der Waals surface area contributed by atoms with Crippen LogP contribution in [0, 0.1) is 0 Å². The lowest BCUT2D eigenvalue weighted by atomic mass is 9.83. The fraction of sp³-hybridized carbons (Fsp3) is 0.583. The summed E-state index contributed by atoms with van der Waals surface area (Å²) in [7, 11) is 0. The quantitative estimate of drug-likeness (QED) is 0.920. The highest BCUT2D eigenvalue weighted by molar-refractivity contribution is 5.87. The molecule has 1 aliphatic carbocycles.